The molecule has 0 aromatic rings. The summed E-state index contributed by atoms with van der Waals surface area (Å²) in [6.07, 6.45) is 7.31. The van der Waals surface area contributed by atoms with Crippen molar-refractivity contribution in [3.05, 3.63) is 11.6 Å². The Balaban J connectivity index is 1.31. The van der Waals surface area contributed by atoms with Gasteiger partial charge in [-0.25, -0.2) is 9.59 Å². The van der Waals surface area contributed by atoms with Crippen LogP contribution < -0.4 is 0 Å². The van der Waals surface area contributed by atoms with Crippen LogP contribution in [0, 0.1) is 17.8 Å². The third-order valence-electron chi connectivity index (χ3n) is 6.55. The maximum atomic E-state index is 12.8. The Bertz CT molecular complexity index is 635. The summed E-state index contributed by atoms with van der Waals surface area (Å²) < 4.78 is 11.4. The average Bonchev–Trinajstić information content (AvgIpc) is 3.05. The number of carbonyl (C=O) groups excluding carboxylic acids is 2. The maximum Gasteiger partial charge on any atom is 0.410 e. The summed E-state index contributed by atoms with van der Waals surface area (Å²) in [6, 6.07) is -0.0175. The predicted molar refractivity (Wildman–Crippen MR) is 101 cm³/mol. The molecule has 3 atom stereocenters. The van der Waals surface area contributed by atoms with Crippen LogP contribution in [0.1, 0.15) is 52.9 Å². The van der Waals surface area contributed by atoms with Crippen molar-refractivity contribution in [2.75, 3.05) is 20.1 Å². The molecule has 2 amide bonds. The van der Waals surface area contributed by atoms with Gasteiger partial charge >= 0.3 is 12.2 Å². The van der Waals surface area contributed by atoms with E-state index in [1.165, 1.54) is 12.8 Å². The highest BCUT2D eigenvalue weighted by atomic mass is 16.6. The Morgan fingerprint density at radius 1 is 1.19 bits per heavy atom. The van der Waals surface area contributed by atoms with Crippen molar-refractivity contribution in [1.29, 1.82) is 0 Å². The predicted octanol–water partition coefficient (Wildman–Crippen LogP) is 3.81. The summed E-state index contributed by atoms with van der Waals surface area (Å²) in [5.41, 5.74) is 1.07. The number of rotatable bonds is 2. The molecule has 27 heavy (non-hydrogen) atoms. The minimum absolute atomic E-state index is 0.0175. The number of carbonyl (C=O) groups is 2. The fraction of sp³-hybridized carbons (Fsp3) is 0.810. The molecular weight excluding hydrogens is 344 g/mol. The molecule has 1 saturated heterocycles. The molecule has 0 radical (unpaired) electrons. The van der Waals surface area contributed by atoms with Gasteiger partial charge in [-0.3, -0.25) is 0 Å². The lowest BCUT2D eigenvalue weighted by atomic mass is 9.60. The van der Waals surface area contributed by atoms with E-state index in [-0.39, 0.29) is 24.3 Å². The molecule has 0 spiro atoms. The van der Waals surface area contributed by atoms with E-state index >= 15 is 0 Å². The number of hydrogen-bond acceptors (Lipinski definition) is 4. The van der Waals surface area contributed by atoms with Crippen LogP contribution in [0.25, 0.3) is 0 Å². The smallest absolute Gasteiger partial charge is 0.410 e. The van der Waals surface area contributed by atoms with E-state index in [1.54, 1.807) is 22.4 Å². The van der Waals surface area contributed by atoms with Gasteiger partial charge in [-0.2, -0.15) is 0 Å². The highest BCUT2D eigenvalue weighted by Crippen LogP contribution is 2.51. The molecular formula is C21H32N2O4. The van der Waals surface area contributed by atoms with Crippen molar-refractivity contribution in [1.82, 2.24) is 9.80 Å². The quantitative estimate of drug-likeness (QED) is 0.688. The molecule has 1 heterocycles. The first-order chi connectivity index (χ1) is 12.7. The molecule has 3 fully saturated rings. The van der Waals surface area contributed by atoms with Gasteiger partial charge < -0.3 is 19.3 Å². The van der Waals surface area contributed by atoms with Gasteiger partial charge in [0.1, 0.15) is 11.7 Å². The van der Waals surface area contributed by atoms with Gasteiger partial charge in [0.15, 0.2) is 0 Å². The number of amides is 2. The first-order valence-corrected chi connectivity index (χ1v) is 10.3. The lowest BCUT2D eigenvalue weighted by Gasteiger charge is -2.49. The Morgan fingerprint density at radius 2 is 1.85 bits per heavy atom. The normalized spacial score (nSPS) is 34.4. The van der Waals surface area contributed by atoms with Crippen LogP contribution >= 0.6 is 0 Å². The van der Waals surface area contributed by atoms with Crippen molar-refractivity contribution < 1.29 is 19.1 Å². The van der Waals surface area contributed by atoms with Crippen molar-refractivity contribution in [3.63, 3.8) is 0 Å². The van der Waals surface area contributed by atoms with Gasteiger partial charge in [0.05, 0.1) is 6.04 Å². The Labute approximate surface area is 161 Å². The van der Waals surface area contributed by atoms with E-state index in [2.05, 4.69) is 6.08 Å². The molecule has 5 rings (SSSR count). The van der Waals surface area contributed by atoms with E-state index in [1.807, 2.05) is 20.8 Å². The molecule has 150 valence electrons. The molecule has 6 heteroatoms. The van der Waals surface area contributed by atoms with E-state index in [0.717, 1.165) is 19.3 Å². The number of likely N-dealkylation sites (tertiary alicyclic amines) is 1. The zero-order chi connectivity index (χ0) is 19.3. The van der Waals surface area contributed by atoms with Crippen molar-refractivity contribution in [2.24, 2.45) is 17.8 Å². The number of hydrogen-bond donors (Lipinski definition) is 0. The molecule has 2 saturated carbocycles. The lowest BCUT2D eigenvalue weighted by molar-refractivity contribution is -0.0436. The molecule has 1 aliphatic heterocycles. The molecule has 6 nitrogen and oxygen atoms in total. The first kappa shape index (κ1) is 18.6. The van der Waals surface area contributed by atoms with Gasteiger partial charge in [0, 0.05) is 32.0 Å². The molecule has 2 unspecified atom stereocenters. The van der Waals surface area contributed by atoms with Crippen LogP contribution in [0.3, 0.4) is 0 Å². The lowest BCUT2D eigenvalue weighted by Crippen LogP contribution is -2.48. The average molecular weight is 376 g/mol. The highest BCUT2D eigenvalue weighted by molar-refractivity contribution is 5.70. The number of likely N-dealkylation sites (N-methyl/N-ethyl adjacent to an activating group) is 1. The summed E-state index contributed by atoms with van der Waals surface area (Å²) in [4.78, 5) is 28.4. The fourth-order valence-electron chi connectivity index (χ4n) is 5.38. The third kappa shape index (κ3) is 3.81. The van der Waals surface area contributed by atoms with E-state index in [9.17, 15) is 9.59 Å². The van der Waals surface area contributed by atoms with E-state index in [0.29, 0.717) is 30.8 Å². The number of nitrogens with zero attached hydrogens (tertiary/aromatic N) is 2. The van der Waals surface area contributed by atoms with Crippen molar-refractivity contribution >= 4 is 12.2 Å². The van der Waals surface area contributed by atoms with Crippen LogP contribution in [-0.2, 0) is 9.47 Å². The summed E-state index contributed by atoms with van der Waals surface area (Å²) in [7, 11) is 1.75. The summed E-state index contributed by atoms with van der Waals surface area (Å²) in [6.45, 7) is 6.73. The summed E-state index contributed by atoms with van der Waals surface area (Å²) in [5, 5.41) is 0. The zero-order valence-corrected chi connectivity index (χ0v) is 16.9. The second-order valence-corrected chi connectivity index (χ2v) is 9.81. The van der Waals surface area contributed by atoms with Crippen molar-refractivity contribution in [2.45, 2.75) is 70.6 Å². The summed E-state index contributed by atoms with van der Waals surface area (Å²) in [5.74, 6) is 1.73. The molecule has 0 aromatic carbocycles. The Hall–Kier alpha value is -1.72. The van der Waals surface area contributed by atoms with Crippen LogP contribution in [0.5, 0.6) is 0 Å². The fourth-order valence-corrected chi connectivity index (χ4v) is 5.38. The van der Waals surface area contributed by atoms with Crippen LogP contribution in [0.2, 0.25) is 0 Å². The molecule has 0 N–H and O–H groups in total. The number of allylic oxidation sites excluding steroid dienone is 2. The molecule has 4 aliphatic carbocycles. The van der Waals surface area contributed by atoms with Crippen LogP contribution in [0.4, 0.5) is 9.59 Å². The first-order valence-electron chi connectivity index (χ1n) is 10.3. The molecule has 4 bridgehead atoms. The minimum Gasteiger partial charge on any atom is -0.445 e. The second-order valence-electron chi connectivity index (χ2n) is 9.81. The maximum absolute atomic E-state index is 12.8. The summed E-state index contributed by atoms with van der Waals surface area (Å²) >= 11 is 0. The Morgan fingerprint density at radius 3 is 2.44 bits per heavy atom. The standard InChI is InChI=1S/C21H32N2O4/c1-21(2,3)27-19(24)22(4)17-5-6-23(12-17)20(25)26-18-15-8-13-7-14(10-15)11-16(18)9-13/h7,13,15-18H,5-6,8-12H2,1-4H3/t13?,15?,16?,17-,18?/m1/s1. The van der Waals surface area contributed by atoms with Gasteiger partial charge in [0.2, 0.25) is 0 Å². The van der Waals surface area contributed by atoms with E-state index < -0.39 is 5.60 Å². The monoisotopic (exact) mass is 376 g/mol. The minimum atomic E-state index is -0.516. The van der Waals surface area contributed by atoms with Crippen LogP contribution in [0.15, 0.2) is 11.6 Å². The topological polar surface area (TPSA) is 59.1 Å². The van der Waals surface area contributed by atoms with Gasteiger partial charge in [-0.15, -0.1) is 0 Å². The van der Waals surface area contributed by atoms with Gasteiger partial charge in [-0.1, -0.05) is 11.6 Å². The largest absolute Gasteiger partial charge is 0.445 e. The van der Waals surface area contributed by atoms with E-state index in [4.69, 9.17) is 9.47 Å². The SMILES string of the molecule is CN(C(=O)OC(C)(C)C)[C@@H]1CCN(C(=O)OC2C3CC4=CC(C3)CC2C4)C1. The van der Waals surface area contributed by atoms with Gasteiger partial charge in [0.25, 0.3) is 0 Å². The third-order valence-corrected chi connectivity index (χ3v) is 6.55. The molecule has 5 aliphatic rings. The van der Waals surface area contributed by atoms with Crippen LogP contribution in [-0.4, -0.2) is 59.9 Å². The van der Waals surface area contributed by atoms with Gasteiger partial charge in [-0.05, 0) is 58.8 Å². The second kappa shape index (κ2) is 6.71. The Kier molecular flexibility index (Phi) is 4.63. The number of ether oxygens (including phenoxy) is 2. The van der Waals surface area contributed by atoms with Crippen molar-refractivity contribution in [3.8, 4) is 0 Å². The zero-order valence-electron chi connectivity index (χ0n) is 16.9. The highest BCUT2D eigenvalue weighted by Gasteiger charge is 2.47. The molecule has 0 aromatic heterocycles.